The van der Waals surface area contributed by atoms with Crippen LogP contribution in [0, 0.1) is 12.7 Å². The molecule has 9 nitrogen and oxygen atoms in total. The van der Waals surface area contributed by atoms with Gasteiger partial charge in [-0.15, -0.1) is 0 Å². The van der Waals surface area contributed by atoms with Crippen molar-refractivity contribution in [1.29, 1.82) is 0 Å². The molecule has 0 saturated carbocycles. The lowest BCUT2D eigenvalue weighted by molar-refractivity contribution is -0.0756. The van der Waals surface area contributed by atoms with Crippen molar-refractivity contribution in [2.45, 2.75) is 25.8 Å². The van der Waals surface area contributed by atoms with Crippen LogP contribution >= 0.6 is 0 Å². The number of hydrogen-bond donors (Lipinski definition) is 3. The minimum atomic E-state index is -0.318. The molecule has 1 saturated heterocycles. The second kappa shape index (κ2) is 9.79. The lowest BCUT2D eigenvalue weighted by atomic mass is 9.97. The molecule has 2 aromatic heterocycles. The van der Waals surface area contributed by atoms with Gasteiger partial charge < -0.3 is 21.4 Å². The molecule has 1 fully saturated rings. The van der Waals surface area contributed by atoms with Gasteiger partial charge in [0.1, 0.15) is 17.5 Å². The first-order chi connectivity index (χ1) is 17.7. The minimum absolute atomic E-state index is 0.131. The number of aromatic amines is 1. The summed E-state index contributed by atoms with van der Waals surface area (Å²) in [7, 11) is 2.98. The number of hydroxylamine groups is 2. The molecule has 5 rings (SSSR count). The molecule has 1 aliphatic rings. The number of nitrogens with one attached hydrogen (secondary N) is 1. The van der Waals surface area contributed by atoms with Crippen LogP contribution in [0.1, 0.15) is 28.8 Å². The zero-order valence-electron chi connectivity index (χ0n) is 21.1. The summed E-state index contributed by atoms with van der Waals surface area (Å²) >= 11 is 0. The quantitative estimate of drug-likeness (QED) is 0.353. The van der Waals surface area contributed by atoms with E-state index in [2.05, 4.69) is 14.9 Å². The Balaban J connectivity index is 1.69. The zero-order valence-corrected chi connectivity index (χ0v) is 21.1. The van der Waals surface area contributed by atoms with Gasteiger partial charge in [-0.1, -0.05) is 6.07 Å². The fourth-order valence-electron chi connectivity index (χ4n) is 4.83. The Kier molecular flexibility index (Phi) is 6.53. The van der Waals surface area contributed by atoms with Crippen molar-refractivity contribution in [1.82, 2.24) is 20.0 Å². The first-order valence-corrected chi connectivity index (χ1v) is 12.1. The average Bonchev–Trinajstić information content (AvgIpc) is 3.30. The molecule has 0 atom stereocenters. The Hall–Kier alpha value is -4.02. The number of piperidine rings is 1. The highest BCUT2D eigenvalue weighted by Crippen LogP contribution is 2.42. The maximum atomic E-state index is 14.4. The molecule has 0 radical (unpaired) electrons. The molecule has 37 heavy (non-hydrogen) atoms. The van der Waals surface area contributed by atoms with E-state index in [0.29, 0.717) is 39.4 Å². The van der Waals surface area contributed by atoms with Gasteiger partial charge in [0.25, 0.3) is 5.91 Å². The van der Waals surface area contributed by atoms with Crippen molar-refractivity contribution >= 4 is 28.4 Å². The van der Waals surface area contributed by atoms with Crippen LogP contribution in [-0.4, -0.2) is 59.2 Å². The number of aromatic nitrogens is 3. The minimum Gasteiger partial charge on any atom is -0.383 e. The van der Waals surface area contributed by atoms with E-state index in [1.165, 1.54) is 19.2 Å². The molecule has 0 unspecified atom stereocenters. The lowest BCUT2D eigenvalue weighted by Crippen LogP contribution is -2.40. The molecular weight excluding hydrogens is 473 g/mol. The van der Waals surface area contributed by atoms with E-state index < -0.39 is 0 Å². The first kappa shape index (κ1) is 24.7. The molecule has 0 spiro atoms. The van der Waals surface area contributed by atoms with E-state index in [1.54, 1.807) is 31.4 Å². The Morgan fingerprint density at radius 3 is 2.68 bits per heavy atom. The van der Waals surface area contributed by atoms with Gasteiger partial charge in [-0.05, 0) is 61.2 Å². The van der Waals surface area contributed by atoms with E-state index >= 15 is 0 Å². The van der Waals surface area contributed by atoms with Gasteiger partial charge in [-0.2, -0.15) is 0 Å². The molecule has 3 heterocycles. The number of carbonyl (C=O) groups is 1. The molecule has 0 aliphatic carbocycles. The largest absolute Gasteiger partial charge is 0.383 e. The number of fused-ring (bicyclic) bond motifs is 1. The number of nitrogens with zero attached hydrogens (tertiary/aromatic N) is 4. The molecule has 0 bridgehead atoms. The van der Waals surface area contributed by atoms with Crippen molar-refractivity contribution in [3.63, 3.8) is 0 Å². The number of pyridine rings is 1. The number of nitrogens with two attached hydrogens (primary N) is 2. The van der Waals surface area contributed by atoms with Crippen molar-refractivity contribution < 1.29 is 14.0 Å². The first-order valence-electron chi connectivity index (χ1n) is 12.1. The third-order valence-electron chi connectivity index (χ3n) is 6.82. The topological polar surface area (TPSA) is 126 Å². The number of rotatable bonds is 5. The molecule has 192 valence electrons. The smallest absolute Gasteiger partial charge is 0.277 e. The number of hydrogen-bond acceptors (Lipinski definition) is 7. The number of benzene rings is 2. The van der Waals surface area contributed by atoms with Crippen LogP contribution in [0.15, 0.2) is 42.6 Å². The van der Waals surface area contributed by atoms with Crippen LogP contribution in [0.5, 0.6) is 0 Å². The van der Waals surface area contributed by atoms with Gasteiger partial charge in [0, 0.05) is 43.5 Å². The van der Waals surface area contributed by atoms with Gasteiger partial charge in [0.05, 0.1) is 29.4 Å². The van der Waals surface area contributed by atoms with Gasteiger partial charge in [-0.3, -0.25) is 9.63 Å². The third kappa shape index (κ3) is 4.73. The van der Waals surface area contributed by atoms with E-state index in [9.17, 15) is 9.18 Å². The van der Waals surface area contributed by atoms with Crippen LogP contribution in [-0.2, 0) is 4.84 Å². The number of anilines is 2. The van der Waals surface area contributed by atoms with Gasteiger partial charge in [-0.25, -0.2) is 19.4 Å². The molecule has 1 amide bonds. The summed E-state index contributed by atoms with van der Waals surface area (Å²) in [6.07, 6.45) is 3.33. The number of amides is 1. The van der Waals surface area contributed by atoms with Crippen molar-refractivity contribution in [3.8, 4) is 22.5 Å². The normalized spacial score (nSPS) is 14.4. The predicted octanol–water partition coefficient (Wildman–Crippen LogP) is 3.88. The second-order valence-corrected chi connectivity index (χ2v) is 9.42. The standard InChI is InChI=1S/C27H30FN7O2/c1-15-10-17(12-18(28)11-15)20-14-31-25(30)23(24(20)35-8-6-19(29)7-9-35)26-32-21-5-4-16(13-22(21)33-26)27(36)34(2)37-3/h4-5,10-14,19H,6-9,29H2,1-3H3,(H2,30,31)(H,32,33). The number of aryl methyl sites for hydroxylation is 1. The summed E-state index contributed by atoms with van der Waals surface area (Å²) in [5, 5.41) is 1.16. The monoisotopic (exact) mass is 503 g/mol. The highest BCUT2D eigenvalue weighted by atomic mass is 19.1. The Morgan fingerprint density at radius 2 is 1.97 bits per heavy atom. The molecule has 1 aliphatic heterocycles. The Bertz CT molecular complexity index is 1460. The van der Waals surface area contributed by atoms with Crippen LogP contribution in [0.3, 0.4) is 0 Å². The summed E-state index contributed by atoms with van der Waals surface area (Å²) in [5.41, 5.74) is 18.2. The Morgan fingerprint density at radius 1 is 1.22 bits per heavy atom. The highest BCUT2D eigenvalue weighted by molar-refractivity contribution is 5.99. The van der Waals surface area contributed by atoms with E-state index in [-0.39, 0.29) is 17.8 Å². The number of halogens is 1. The summed E-state index contributed by atoms with van der Waals surface area (Å²) in [4.78, 5) is 32.4. The average molecular weight is 504 g/mol. The van der Waals surface area contributed by atoms with Crippen LogP contribution in [0.25, 0.3) is 33.5 Å². The van der Waals surface area contributed by atoms with Crippen molar-refractivity contribution in [3.05, 3.63) is 59.5 Å². The number of H-pyrrole nitrogens is 1. The summed E-state index contributed by atoms with van der Waals surface area (Å²) in [6, 6.07) is 10.3. The predicted molar refractivity (Wildman–Crippen MR) is 142 cm³/mol. The van der Waals surface area contributed by atoms with Crippen LogP contribution < -0.4 is 16.4 Å². The molecule has 2 aromatic carbocycles. The summed E-state index contributed by atoms with van der Waals surface area (Å²) in [6.45, 7) is 3.30. The fourth-order valence-corrected chi connectivity index (χ4v) is 4.83. The van der Waals surface area contributed by atoms with E-state index in [4.69, 9.17) is 21.3 Å². The van der Waals surface area contributed by atoms with Gasteiger partial charge in [0.2, 0.25) is 0 Å². The van der Waals surface area contributed by atoms with Gasteiger partial charge >= 0.3 is 0 Å². The van der Waals surface area contributed by atoms with E-state index in [1.807, 2.05) is 13.0 Å². The number of carbonyl (C=O) groups excluding carboxylic acids is 1. The maximum Gasteiger partial charge on any atom is 0.277 e. The second-order valence-electron chi connectivity index (χ2n) is 9.42. The van der Waals surface area contributed by atoms with Crippen molar-refractivity contribution in [2.75, 3.05) is 37.9 Å². The fraction of sp³-hybridized carbons (Fsp3) is 0.296. The van der Waals surface area contributed by atoms with Crippen LogP contribution in [0.4, 0.5) is 15.9 Å². The number of nitrogen functional groups attached to an aromatic ring is 1. The molecular formula is C27H30FN7O2. The molecule has 10 heteroatoms. The van der Waals surface area contributed by atoms with Crippen molar-refractivity contribution in [2.24, 2.45) is 5.73 Å². The van der Waals surface area contributed by atoms with Gasteiger partial charge in [0.15, 0.2) is 0 Å². The summed E-state index contributed by atoms with van der Waals surface area (Å²) < 4.78 is 14.4. The molecule has 4 aromatic rings. The zero-order chi connectivity index (χ0) is 26.3. The third-order valence-corrected chi connectivity index (χ3v) is 6.82. The molecule has 5 N–H and O–H groups in total. The SMILES string of the molecule is CON(C)C(=O)c1ccc2nc(-c3c(N)ncc(-c4cc(C)cc(F)c4)c3N3CCC(N)CC3)[nH]c2c1. The lowest BCUT2D eigenvalue weighted by Gasteiger charge is -2.34. The highest BCUT2D eigenvalue weighted by Gasteiger charge is 2.27. The summed E-state index contributed by atoms with van der Waals surface area (Å²) in [5.74, 6) is 0.221. The Labute approximate surface area is 214 Å². The van der Waals surface area contributed by atoms with Crippen LogP contribution in [0.2, 0.25) is 0 Å². The number of imidazole rings is 1. The van der Waals surface area contributed by atoms with E-state index in [0.717, 1.165) is 47.8 Å². The maximum absolute atomic E-state index is 14.4.